The molecule has 0 aromatic heterocycles. The number of hydrogen-bond donors (Lipinski definition) is 1. The molecule has 0 heterocycles. The van der Waals surface area contributed by atoms with Crippen molar-refractivity contribution in [2.75, 3.05) is 6.61 Å². The summed E-state index contributed by atoms with van der Waals surface area (Å²) in [5.74, 6) is -0.194. The van der Waals surface area contributed by atoms with E-state index >= 15 is 0 Å². The number of benzene rings is 2. The Bertz CT molecular complexity index is 722. The quantitative estimate of drug-likeness (QED) is 0.507. The Balaban J connectivity index is 1.65. The van der Waals surface area contributed by atoms with Crippen LogP contribution in [0.3, 0.4) is 0 Å². The van der Waals surface area contributed by atoms with Crippen molar-refractivity contribution >= 4 is 12.1 Å². The monoisotopic (exact) mass is 376 g/mol. The Morgan fingerprint density at radius 1 is 1.15 bits per heavy atom. The predicted molar refractivity (Wildman–Crippen MR) is 99.0 cm³/mol. The number of nitrogens with zero attached hydrogens (tertiary/aromatic N) is 1. The highest BCUT2D eigenvalue weighted by Crippen LogP contribution is 2.14. The van der Waals surface area contributed by atoms with Gasteiger partial charge < -0.3 is 14.9 Å². The first-order chi connectivity index (χ1) is 13.0. The van der Waals surface area contributed by atoms with Gasteiger partial charge in [-0.2, -0.15) is 8.78 Å². The first-order valence-corrected chi connectivity index (χ1v) is 8.56. The van der Waals surface area contributed by atoms with E-state index in [0.29, 0.717) is 5.56 Å². The highest BCUT2D eigenvalue weighted by molar-refractivity contribution is 5.80. The molecule has 2 aromatic rings. The summed E-state index contributed by atoms with van der Waals surface area (Å²) in [6, 6.07) is 16.0. The molecule has 0 fully saturated rings. The zero-order chi connectivity index (χ0) is 19.5. The lowest BCUT2D eigenvalue weighted by Crippen LogP contribution is -2.35. The maximum absolute atomic E-state index is 12.1. The first-order valence-electron chi connectivity index (χ1n) is 8.56. The second-order valence-electron chi connectivity index (χ2n) is 5.95. The summed E-state index contributed by atoms with van der Waals surface area (Å²) in [5.41, 5.74) is 1.86. The molecule has 0 saturated heterocycles. The summed E-state index contributed by atoms with van der Waals surface area (Å²) in [5, 5.41) is 6.55. The van der Waals surface area contributed by atoms with Crippen LogP contribution in [0.5, 0.6) is 5.75 Å². The van der Waals surface area contributed by atoms with Crippen LogP contribution in [0.1, 0.15) is 24.5 Å². The Kier molecular flexibility index (Phi) is 8.22. The van der Waals surface area contributed by atoms with Crippen LogP contribution in [0.15, 0.2) is 59.8 Å². The molecule has 0 aliphatic rings. The van der Waals surface area contributed by atoms with Crippen molar-refractivity contribution in [1.29, 1.82) is 0 Å². The fourth-order valence-electron chi connectivity index (χ4n) is 2.35. The molecule has 0 spiro atoms. The molecule has 1 atom stereocenters. The third-order valence-electron chi connectivity index (χ3n) is 3.69. The minimum Gasteiger partial charge on any atom is -0.435 e. The molecule has 144 valence electrons. The Labute approximate surface area is 157 Å². The van der Waals surface area contributed by atoms with E-state index in [2.05, 4.69) is 27.3 Å². The van der Waals surface area contributed by atoms with Crippen LogP contribution in [-0.4, -0.2) is 31.4 Å². The second-order valence-corrected chi connectivity index (χ2v) is 5.95. The molecular weight excluding hydrogens is 354 g/mol. The first kappa shape index (κ1) is 20.4. The van der Waals surface area contributed by atoms with E-state index < -0.39 is 6.61 Å². The molecule has 2 aromatic carbocycles. The maximum atomic E-state index is 12.1. The van der Waals surface area contributed by atoms with Crippen molar-refractivity contribution < 1.29 is 23.1 Å². The van der Waals surface area contributed by atoms with Gasteiger partial charge in [-0.1, -0.05) is 35.5 Å². The van der Waals surface area contributed by atoms with E-state index in [1.165, 1.54) is 23.9 Å². The maximum Gasteiger partial charge on any atom is 0.387 e. The van der Waals surface area contributed by atoms with Gasteiger partial charge in [0.25, 0.3) is 5.91 Å². The number of aryl methyl sites for hydroxylation is 1. The lowest BCUT2D eigenvalue weighted by Gasteiger charge is -2.13. The number of halogens is 2. The molecule has 0 bridgehead atoms. The lowest BCUT2D eigenvalue weighted by molar-refractivity contribution is -0.126. The molecule has 2 rings (SSSR count). The van der Waals surface area contributed by atoms with Crippen molar-refractivity contribution in [2.45, 2.75) is 32.4 Å². The molecule has 0 saturated carbocycles. The second kappa shape index (κ2) is 10.9. The molecule has 27 heavy (non-hydrogen) atoms. The van der Waals surface area contributed by atoms with Crippen molar-refractivity contribution in [3.8, 4) is 5.75 Å². The zero-order valence-electron chi connectivity index (χ0n) is 15.0. The van der Waals surface area contributed by atoms with Crippen LogP contribution in [0.25, 0.3) is 0 Å². The smallest absolute Gasteiger partial charge is 0.387 e. The molecule has 0 aliphatic carbocycles. The van der Waals surface area contributed by atoms with Gasteiger partial charge in [0.2, 0.25) is 0 Å². The standard InChI is InChI=1S/C20H22F2N2O3/c1-15(7-8-16-5-3-2-4-6-16)24-19(25)14-26-23-13-17-9-11-18(12-10-17)27-20(21)22/h2-6,9-13,15,20H,7-8,14H2,1H3,(H,24,25). The fourth-order valence-corrected chi connectivity index (χ4v) is 2.35. The van der Waals surface area contributed by atoms with Gasteiger partial charge >= 0.3 is 6.61 Å². The summed E-state index contributed by atoms with van der Waals surface area (Å²) in [6.07, 6.45) is 3.09. The summed E-state index contributed by atoms with van der Waals surface area (Å²) in [6.45, 7) is -1.12. The van der Waals surface area contributed by atoms with E-state index in [1.807, 2.05) is 25.1 Å². The van der Waals surface area contributed by atoms with Crippen molar-refractivity contribution in [1.82, 2.24) is 5.32 Å². The number of amides is 1. The average molecular weight is 376 g/mol. The van der Waals surface area contributed by atoms with Gasteiger partial charge in [0, 0.05) is 6.04 Å². The van der Waals surface area contributed by atoms with E-state index in [9.17, 15) is 13.6 Å². The largest absolute Gasteiger partial charge is 0.435 e. The highest BCUT2D eigenvalue weighted by Gasteiger charge is 2.08. The molecule has 0 radical (unpaired) electrons. The zero-order valence-corrected chi connectivity index (χ0v) is 15.0. The number of hydrogen-bond acceptors (Lipinski definition) is 4. The SMILES string of the molecule is CC(CCc1ccccc1)NC(=O)CON=Cc1ccc(OC(F)F)cc1. The van der Waals surface area contributed by atoms with Gasteiger partial charge in [0.15, 0.2) is 6.61 Å². The van der Waals surface area contributed by atoms with Crippen LogP contribution < -0.4 is 10.1 Å². The van der Waals surface area contributed by atoms with Crippen molar-refractivity contribution in [2.24, 2.45) is 5.16 Å². The van der Waals surface area contributed by atoms with Crippen LogP contribution in [0.4, 0.5) is 8.78 Å². The number of ether oxygens (including phenoxy) is 1. The van der Waals surface area contributed by atoms with Crippen LogP contribution in [0, 0.1) is 0 Å². The number of nitrogens with one attached hydrogen (secondary N) is 1. The van der Waals surface area contributed by atoms with Gasteiger partial charge in [-0.25, -0.2) is 0 Å². The minimum absolute atomic E-state index is 0.0210. The summed E-state index contributed by atoms with van der Waals surface area (Å²) >= 11 is 0. The van der Waals surface area contributed by atoms with Crippen molar-refractivity contribution in [3.63, 3.8) is 0 Å². The molecule has 7 heteroatoms. The van der Waals surface area contributed by atoms with Crippen LogP contribution in [-0.2, 0) is 16.1 Å². The molecule has 1 amide bonds. The van der Waals surface area contributed by atoms with Gasteiger partial charge in [0.05, 0.1) is 6.21 Å². The van der Waals surface area contributed by atoms with Crippen molar-refractivity contribution in [3.05, 3.63) is 65.7 Å². The van der Waals surface area contributed by atoms with Crippen LogP contribution in [0.2, 0.25) is 0 Å². The van der Waals surface area contributed by atoms with E-state index in [0.717, 1.165) is 12.8 Å². The number of rotatable bonds is 10. The molecular formula is C20H22F2N2O3. The normalized spacial score (nSPS) is 12.1. The van der Waals surface area contributed by atoms with Crippen LogP contribution >= 0.6 is 0 Å². The third kappa shape index (κ3) is 8.31. The predicted octanol–water partition coefficient (Wildman–Crippen LogP) is 3.78. The molecule has 0 aliphatic heterocycles. The van der Waals surface area contributed by atoms with E-state index in [-0.39, 0.29) is 24.3 Å². The number of carbonyl (C=O) groups excluding carboxylic acids is 1. The van der Waals surface area contributed by atoms with E-state index in [4.69, 9.17) is 4.84 Å². The number of carbonyl (C=O) groups is 1. The van der Waals surface area contributed by atoms with Gasteiger partial charge in [-0.15, -0.1) is 0 Å². The van der Waals surface area contributed by atoms with Gasteiger partial charge in [0.1, 0.15) is 5.75 Å². The minimum atomic E-state index is -2.86. The molecule has 1 N–H and O–H groups in total. The Morgan fingerprint density at radius 2 is 1.85 bits per heavy atom. The number of oxime groups is 1. The summed E-state index contributed by atoms with van der Waals surface area (Å²) in [7, 11) is 0. The Morgan fingerprint density at radius 3 is 2.52 bits per heavy atom. The average Bonchev–Trinajstić information content (AvgIpc) is 2.65. The van der Waals surface area contributed by atoms with E-state index in [1.54, 1.807) is 12.1 Å². The van der Waals surface area contributed by atoms with Gasteiger partial charge in [-0.05, 0) is 55.2 Å². The third-order valence-corrected chi connectivity index (χ3v) is 3.69. The fraction of sp³-hybridized carbons (Fsp3) is 0.300. The lowest BCUT2D eigenvalue weighted by atomic mass is 10.1. The number of alkyl halides is 2. The van der Waals surface area contributed by atoms with Gasteiger partial charge in [-0.3, -0.25) is 4.79 Å². The Hall–Kier alpha value is -2.96. The molecule has 1 unspecified atom stereocenters. The summed E-state index contributed by atoms with van der Waals surface area (Å²) < 4.78 is 28.4. The molecule has 5 nitrogen and oxygen atoms in total. The topological polar surface area (TPSA) is 59.9 Å². The highest BCUT2D eigenvalue weighted by atomic mass is 19.3. The summed E-state index contributed by atoms with van der Waals surface area (Å²) in [4.78, 5) is 16.8.